The van der Waals surface area contributed by atoms with Crippen LogP contribution in [0.4, 0.5) is 34.1 Å². The smallest absolute Gasteiger partial charge is 0.252 e. The molecule has 2 nitrogen and oxygen atoms in total. The molecule has 0 atom stereocenters. The number of para-hydroxylation sites is 3. The second kappa shape index (κ2) is 9.26. The fourth-order valence-electron chi connectivity index (χ4n) is 12.1. The molecular weight excluding hydrogens is 579 g/mol. The Bertz CT molecular complexity index is 2140. The van der Waals surface area contributed by atoms with Crippen LogP contribution in [0.1, 0.15) is 75.1 Å². The first-order valence-electron chi connectivity index (χ1n) is 18.5. The van der Waals surface area contributed by atoms with Gasteiger partial charge in [-0.3, -0.25) is 0 Å². The molecule has 12 rings (SSSR count). The lowest BCUT2D eigenvalue weighted by molar-refractivity contribution is -0.0419. The molecule has 0 aromatic heterocycles. The van der Waals surface area contributed by atoms with Crippen molar-refractivity contribution in [3.63, 3.8) is 0 Å². The van der Waals surface area contributed by atoms with Gasteiger partial charge in [0.1, 0.15) is 0 Å². The van der Waals surface area contributed by atoms with Gasteiger partial charge >= 0.3 is 0 Å². The Balaban J connectivity index is 1.20. The molecule has 0 saturated heterocycles. The first-order chi connectivity index (χ1) is 23.3. The van der Waals surface area contributed by atoms with Gasteiger partial charge in [-0.2, -0.15) is 0 Å². The number of nitrogens with zero attached hydrogens (tertiary/aromatic N) is 2. The predicted octanol–water partition coefficient (Wildman–Crippen LogP) is 9.43. The van der Waals surface area contributed by atoms with Gasteiger partial charge < -0.3 is 9.80 Å². The summed E-state index contributed by atoms with van der Waals surface area (Å²) in [5, 5.41) is 0. The van der Waals surface area contributed by atoms with Gasteiger partial charge in [-0.1, -0.05) is 93.6 Å². The molecule has 5 aromatic carbocycles. The van der Waals surface area contributed by atoms with E-state index in [4.69, 9.17) is 0 Å². The van der Waals surface area contributed by atoms with Crippen LogP contribution in [0, 0.1) is 30.6 Å². The quantitative estimate of drug-likeness (QED) is 0.168. The third-order valence-corrected chi connectivity index (χ3v) is 13.7. The molecule has 1 spiro atoms. The summed E-state index contributed by atoms with van der Waals surface area (Å²) in [4.78, 5) is 5.27. The SMILES string of the molecule is Cc1cccc2c1N(c1ccc(C(C)(C)C)cc1)c1cccc3c1B2c1cccc2c1N3c1ccccc1C21C2CC3CC(C2)CC1C3. The van der Waals surface area contributed by atoms with Crippen LogP contribution in [0.15, 0.2) is 103 Å². The van der Waals surface area contributed by atoms with Gasteiger partial charge in [0.25, 0.3) is 6.71 Å². The summed E-state index contributed by atoms with van der Waals surface area (Å²) in [6.45, 7) is 9.41. The third-order valence-electron chi connectivity index (χ3n) is 13.7. The van der Waals surface area contributed by atoms with Crippen molar-refractivity contribution in [2.45, 2.75) is 70.6 Å². The van der Waals surface area contributed by atoms with Crippen LogP contribution in [0.3, 0.4) is 0 Å². The molecule has 236 valence electrons. The molecule has 7 aliphatic rings. The summed E-state index contributed by atoms with van der Waals surface area (Å²) in [5.74, 6) is 3.35. The maximum atomic E-state index is 2.70. The Hall–Kier alpha value is -4.24. The fraction of sp³-hybridized carbons (Fsp3) is 0.333. The minimum Gasteiger partial charge on any atom is -0.311 e. The molecule has 0 radical (unpaired) electrons. The zero-order valence-corrected chi connectivity index (χ0v) is 28.6. The van der Waals surface area contributed by atoms with Crippen LogP contribution >= 0.6 is 0 Å². The van der Waals surface area contributed by atoms with Crippen LogP contribution in [0.2, 0.25) is 0 Å². The maximum Gasteiger partial charge on any atom is 0.252 e. The Morgan fingerprint density at radius 2 is 1.17 bits per heavy atom. The summed E-state index contributed by atoms with van der Waals surface area (Å²) in [5.41, 5.74) is 18.7. The Morgan fingerprint density at radius 1 is 0.583 bits per heavy atom. The van der Waals surface area contributed by atoms with E-state index >= 15 is 0 Å². The first kappa shape index (κ1) is 27.7. The number of hydrogen-bond donors (Lipinski definition) is 0. The summed E-state index contributed by atoms with van der Waals surface area (Å²) in [7, 11) is 0. The molecule has 48 heavy (non-hydrogen) atoms. The normalized spacial score (nSPS) is 26.7. The molecule has 0 N–H and O–H groups in total. The summed E-state index contributed by atoms with van der Waals surface area (Å²) in [6.07, 6.45) is 7.09. The second-order valence-electron chi connectivity index (χ2n) is 17.1. The van der Waals surface area contributed by atoms with Crippen LogP contribution in [-0.2, 0) is 10.8 Å². The number of anilines is 6. The van der Waals surface area contributed by atoms with Crippen molar-refractivity contribution in [1.29, 1.82) is 0 Å². The lowest BCUT2D eigenvalue weighted by Gasteiger charge is -2.64. The van der Waals surface area contributed by atoms with Crippen molar-refractivity contribution in [3.05, 3.63) is 125 Å². The van der Waals surface area contributed by atoms with Crippen LogP contribution in [-0.4, -0.2) is 6.71 Å². The number of fused-ring (bicyclic) bond motifs is 6. The van der Waals surface area contributed by atoms with E-state index in [-0.39, 0.29) is 17.5 Å². The number of aryl methyl sites for hydroxylation is 1. The van der Waals surface area contributed by atoms with E-state index in [0.29, 0.717) is 0 Å². The lowest BCUT2D eigenvalue weighted by atomic mass is 9.32. The molecule has 3 aliphatic heterocycles. The van der Waals surface area contributed by atoms with Crippen molar-refractivity contribution >= 4 is 57.2 Å². The van der Waals surface area contributed by atoms with E-state index < -0.39 is 0 Å². The van der Waals surface area contributed by atoms with E-state index in [9.17, 15) is 0 Å². The zero-order valence-electron chi connectivity index (χ0n) is 28.6. The molecule has 3 heterocycles. The lowest BCUT2D eigenvalue weighted by Crippen LogP contribution is -2.64. The minimum absolute atomic E-state index is 0.114. The highest BCUT2D eigenvalue weighted by Crippen LogP contribution is 2.69. The highest BCUT2D eigenvalue weighted by molar-refractivity contribution is 7.00. The summed E-state index contributed by atoms with van der Waals surface area (Å²) < 4.78 is 0. The standard InChI is InChI=1S/C45H43BN2/c1-27-10-7-13-36-42(27)47(33-20-18-30(19-21-33)44(2,3)4)39-16-9-17-40-41(39)46(36)37-14-8-12-35-43(37)48(40)38-15-6-5-11-34(38)45(35)31-23-28-22-29(25-31)26-32(45)24-28/h5-21,28-29,31-32H,22-26H2,1-4H3. The van der Waals surface area contributed by atoms with E-state index in [1.54, 1.807) is 11.1 Å². The van der Waals surface area contributed by atoms with Crippen LogP contribution in [0.25, 0.3) is 0 Å². The van der Waals surface area contributed by atoms with Gasteiger partial charge in [0.05, 0.1) is 5.69 Å². The van der Waals surface area contributed by atoms with Crippen LogP contribution in [0.5, 0.6) is 0 Å². The average molecular weight is 623 g/mol. The van der Waals surface area contributed by atoms with Gasteiger partial charge in [-0.15, -0.1) is 0 Å². The Morgan fingerprint density at radius 3 is 1.88 bits per heavy atom. The fourth-order valence-corrected chi connectivity index (χ4v) is 12.1. The number of hydrogen-bond acceptors (Lipinski definition) is 2. The van der Waals surface area contributed by atoms with E-state index in [0.717, 1.165) is 23.7 Å². The van der Waals surface area contributed by atoms with Crippen LogP contribution < -0.4 is 26.2 Å². The molecule has 4 saturated carbocycles. The van der Waals surface area contributed by atoms with Gasteiger partial charge in [0, 0.05) is 33.9 Å². The molecule has 4 bridgehead atoms. The van der Waals surface area contributed by atoms with Gasteiger partial charge in [-0.25, -0.2) is 0 Å². The van der Waals surface area contributed by atoms with Gasteiger partial charge in [-0.05, 0) is 137 Å². The van der Waals surface area contributed by atoms with E-state index in [2.05, 4.69) is 141 Å². The monoisotopic (exact) mass is 622 g/mol. The summed E-state index contributed by atoms with van der Waals surface area (Å²) >= 11 is 0. The predicted molar refractivity (Wildman–Crippen MR) is 202 cm³/mol. The van der Waals surface area contributed by atoms with Crippen molar-refractivity contribution in [2.24, 2.45) is 23.7 Å². The molecular formula is C45H43BN2. The minimum atomic E-state index is 0.114. The Labute approximate surface area is 285 Å². The van der Waals surface area contributed by atoms with Crippen molar-refractivity contribution in [2.75, 3.05) is 9.80 Å². The molecule has 4 aliphatic carbocycles. The second-order valence-corrected chi connectivity index (χ2v) is 17.1. The maximum absolute atomic E-state index is 2.70. The molecule has 4 fully saturated rings. The third kappa shape index (κ3) is 3.31. The molecule has 3 heteroatoms. The molecule has 0 unspecified atom stereocenters. The number of rotatable bonds is 1. The molecule has 0 amide bonds. The topological polar surface area (TPSA) is 6.48 Å². The zero-order chi connectivity index (χ0) is 32.1. The van der Waals surface area contributed by atoms with Gasteiger partial charge in [0.15, 0.2) is 0 Å². The van der Waals surface area contributed by atoms with Crippen molar-refractivity contribution in [3.8, 4) is 0 Å². The van der Waals surface area contributed by atoms with E-state index in [1.165, 1.54) is 93.7 Å². The largest absolute Gasteiger partial charge is 0.311 e. The first-order valence-corrected chi connectivity index (χ1v) is 18.5. The van der Waals surface area contributed by atoms with Crippen molar-refractivity contribution in [1.82, 2.24) is 0 Å². The van der Waals surface area contributed by atoms with Crippen molar-refractivity contribution < 1.29 is 0 Å². The summed E-state index contributed by atoms with van der Waals surface area (Å²) in [6, 6.07) is 40.5. The highest BCUT2D eigenvalue weighted by Gasteiger charge is 2.62. The van der Waals surface area contributed by atoms with E-state index in [1.807, 2.05) is 0 Å². The average Bonchev–Trinajstić information content (AvgIpc) is 3.08. The molecule has 5 aromatic rings. The highest BCUT2D eigenvalue weighted by atomic mass is 15.2. The number of benzene rings is 5. The Kier molecular flexibility index (Phi) is 5.34. The van der Waals surface area contributed by atoms with Gasteiger partial charge in [0.2, 0.25) is 0 Å².